The van der Waals surface area contributed by atoms with Gasteiger partial charge in [-0.25, -0.2) is 0 Å². The van der Waals surface area contributed by atoms with Crippen LogP contribution in [0.2, 0.25) is 0 Å². The molecule has 1 heterocycles. The monoisotopic (exact) mass is 284 g/mol. The number of aromatic nitrogens is 2. The SMILES string of the molecule is CC(C)c1c(-c2ccccc2)[n+](=O)c2c(n1[O-])CCCC2. The molecule has 4 heteroatoms. The van der Waals surface area contributed by atoms with Gasteiger partial charge in [-0.3, -0.25) is 0 Å². The van der Waals surface area contributed by atoms with Crippen LogP contribution in [-0.2, 0) is 12.8 Å². The zero-order valence-electron chi connectivity index (χ0n) is 12.5. The first-order valence-corrected chi connectivity index (χ1v) is 7.57. The van der Waals surface area contributed by atoms with Crippen molar-refractivity contribution in [1.82, 2.24) is 4.73 Å². The molecule has 0 amide bonds. The van der Waals surface area contributed by atoms with Gasteiger partial charge >= 0.3 is 0 Å². The number of benzene rings is 1. The Hall–Kier alpha value is -2.10. The second kappa shape index (κ2) is 5.35. The largest absolute Gasteiger partial charge is 0.805 e. The Bertz CT molecular complexity index is 718. The van der Waals surface area contributed by atoms with Gasteiger partial charge in [0.2, 0.25) is 0 Å². The molecule has 0 atom stereocenters. The van der Waals surface area contributed by atoms with E-state index in [0.717, 1.165) is 27.6 Å². The minimum Gasteiger partial charge on any atom is -0.805 e. The first-order valence-electron chi connectivity index (χ1n) is 7.57. The van der Waals surface area contributed by atoms with Crippen molar-refractivity contribution < 1.29 is 4.43 Å². The Morgan fingerprint density at radius 2 is 1.81 bits per heavy atom. The van der Waals surface area contributed by atoms with Crippen molar-refractivity contribution in [3.05, 3.63) is 57.5 Å². The zero-order chi connectivity index (χ0) is 15.0. The minimum atomic E-state index is 0.00475. The first-order chi connectivity index (χ1) is 10.1. The molecule has 0 bridgehead atoms. The molecule has 1 aromatic heterocycles. The molecule has 21 heavy (non-hydrogen) atoms. The number of nitrogens with zero attached hydrogens (tertiary/aromatic N) is 2. The fourth-order valence-electron chi connectivity index (χ4n) is 3.16. The van der Waals surface area contributed by atoms with Crippen molar-refractivity contribution in [3.63, 3.8) is 0 Å². The molecule has 1 aromatic carbocycles. The Labute approximate surface area is 124 Å². The molecular weight excluding hydrogens is 264 g/mol. The van der Waals surface area contributed by atoms with Gasteiger partial charge in [-0.15, -0.1) is 0 Å². The van der Waals surface area contributed by atoms with Gasteiger partial charge in [0.15, 0.2) is 0 Å². The second-order valence-corrected chi connectivity index (χ2v) is 5.94. The van der Waals surface area contributed by atoms with Crippen LogP contribution in [-0.4, -0.2) is 4.73 Å². The van der Waals surface area contributed by atoms with E-state index in [1.165, 1.54) is 0 Å². The van der Waals surface area contributed by atoms with Gasteiger partial charge < -0.3 is 9.94 Å². The maximum Gasteiger partial charge on any atom is 0.289 e. The third-order valence-electron chi connectivity index (χ3n) is 4.16. The Kier molecular flexibility index (Phi) is 3.53. The van der Waals surface area contributed by atoms with E-state index in [1.807, 2.05) is 44.2 Å². The highest BCUT2D eigenvalue weighted by atomic mass is 16.5. The maximum absolute atomic E-state index is 12.9. The summed E-state index contributed by atoms with van der Waals surface area (Å²) in [6, 6.07) is 9.50. The molecule has 2 aromatic rings. The van der Waals surface area contributed by atoms with Crippen molar-refractivity contribution in [2.45, 2.75) is 45.4 Å². The van der Waals surface area contributed by atoms with Crippen molar-refractivity contribution in [3.8, 4) is 11.3 Å². The molecule has 0 radical (unpaired) electrons. The predicted molar refractivity (Wildman–Crippen MR) is 82.7 cm³/mol. The van der Waals surface area contributed by atoms with Crippen molar-refractivity contribution in [2.24, 2.45) is 0 Å². The zero-order valence-corrected chi connectivity index (χ0v) is 12.5. The minimum absolute atomic E-state index is 0.00475. The van der Waals surface area contributed by atoms with Gasteiger partial charge in [0.05, 0.1) is 21.4 Å². The molecule has 0 spiro atoms. The normalized spacial score (nSPS) is 14.2. The van der Waals surface area contributed by atoms with E-state index in [-0.39, 0.29) is 5.92 Å². The maximum atomic E-state index is 12.9. The van der Waals surface area contributed by atoms with Crippen LogP contribution >= 0.6 is 0 Å². The molecule has 4 nitrogen and oxygen atoms in total. The molecule has 1 aliphatic rings. The van der Waals surface area contributed by atoms with Crippen molar-refractivity contribution >= 4 is 0 Å². The predicted octanol–water partition coefficient (Wildman–Crippen LogP) is 3.42. The quantitative estimate of drug-likeness (QED) is 0.793. The lowest BCUT2D eigenvalue weighted by atomic mass is 9.96. The molecule has 0 N–H and O–H groups in total. The Balaban J connectivity index is 2.37. The van der Waals surface area contributed by atoms with Gasteiger partial charge in [0, 0.05) is 17.2 Å². The average Bonchev–Trinajstić information content (AvgIpc) is 2.51. The topological polar surface area (TPSA) is 51.0 Å². The van der Waals surface area contributed by atoms with Crippen LogP contribution in [0.25, 0.3) is 11.3 Å². The van der Waals surface area contributed by atoms with E-state index in [2.05, 4.69) is 0 Å². The average molecular weight is 284 g/mol. The van der Waals surface area contributed by atoms with Gasteiger partial charge in [-0.1, -0.05) is 32.0 Å². The van der Waals surface area contributed by atoms with Crippen molar-refractivity contribution in [1.29, 1.82) is 0 Å². The Morgan fingerprint density at radius 3 is 2.48 bits per heavy atom. The number of rotatable bonds is 2. The van der Waals surface area contributed by atoms with Gasteiger partial charge in [0.25, 0.3) is 11.4 Å². The molecule has 3 rings (SSSR count). The summed E-state index contributed by atoms with van der Waals surface area (Å²) in [5, 5.41) is 12.8. The number of hydrogen-bond donors (Lipinski definition) is 0. The van der Waals surface area contributed by atoms with E-state index >= 15 is 0 Å². The van der Waals surface area contributed by atoms with E-state index in [1.54, 1.807) is 0 Å². The van der Waals surface area contributed by atoms with Crippen LogP contribution in [0, 0.1) is 10.1 Å². The summed E-state index contributed by atoms with van der Waals surface area (Å²) in [4.78, 5) is 12.9. The van der Waals surface area contributed by atoms with Crippen LogP contribution in [0.1, 0.15) is 49.7 Å². The number of fused-ring (bicyclic) bond motifs is 1. The van der Waals surface area contributed by atoms with E-state index < -0.39 is 0 Å². The molecule has 0 saturated heterocycles. The van der Waals surface area contributed by atoms with Gasteiger partial charge in [-0.05, 0) is 31.4 Å². The lowest BCUT2D eigenvalue weighted by Crippen LogP contribution is -2.34. The summed E-state index contributed by atoms with van der Waals surface area (Å²) in [6.45, 7) is 3.93. The first kappa shape index (κ1) is 13.9. The fraction of sp³-hybridized carbons (Fsp3) is 0.412. The molecule has 0 unspecified atom stereocenters. The summed E-state index contributed by atoms with van der Waals surface area (Å²) >= 11 is 0. The molecule has 110 valence electrons. The van der Waals surface area contributed by atoms with Gasteiger partial charge in [-0.2, -0.15) is 0 Å². The molecule has 0 fully saturated rings. The lowest BCUT2D eigenvalue weighted by Gasteiger charge is -2.26. The highest BCUT2D eigenvalue weighted by Gasteiger charge is 2.30. The summed E-state index contributed by atoms with van der Waals surface area (Å²) < 4.78 is 2.03. The highest BCUT2D eigenvalue weighted by Crippen LogP contribution is 2.29. The van der Waals surface area contributed by atoms with Crippen LogP contribution in [0.5, 0.6) is 0 Å². The van der Waals surface area contributed by atoms with Crippen molar-refractivity contribution in [2.75, 3.05) is 0 Å². The third kappa shape index (κ3) is 2.24. The molecule has 0 aliphatic heterocycles. The smallest absolute Gasteiger partial charge is 0.289 e. The third-order valence-corrected chi connectivity index (χ3v) is 4.16. The van der Waals surface area contributed by atoms with Crippen LogP contribution in [0.15, 0.2) is 30.3 Å². The summed E-state index contributed by atoms with van der Waals surface area (Å²) in [5.74, 6) is 0.00475. The Morgan fingerprint density at radius 1 is 1.14 bits per heavy atom. The van der Waals surface area contributed by atoms with Crippen LogP contribution < -0.4 is 4.43 Å². The summed E-state index contributed by atoms with van der Waals surface area (Å²) in [5.41, 5.74) is 3.23. The summed E-state index contributed by atoms with van der Waals surface area (Å²) in [7, 11) is 0. The molecular formula is C17H20N2O2. The van der Waals surface area contributed by atoms with E-state index in [9.17, 15) is 10.1 Å². The van der Waals surface area contributed by atoms with Crippen LogP contribution in [0.3, 0.4) is 0 Å². The highest BCUT2D eigenvalue weighted by molar-refractivity contribution is 5.60. The number of hydrogen-bond acceptors (Lipinski definition) is 2. The van der Waals surface area contributed by atoms with E-state index in [0.29, 0.717) is 35.6 Å². The van der Waals surface area contributed by atoms with E-state index in [4.69, 9.17) is 0 Å². The molecule has 1 aliphatic carbocycles. The lowest BCUT2D eigenvalue weighted by molar-refractivity contribution is -0.495. The fourth-order valence-corrected chi connectivity index (χ4v) is 3.16. The second-order valence-electron chi connectivity index (χ2n) is 5.94. The van der Waals surface area contributed by atoms with Gasteiger partial charge in [0.1, 0.15) is 0 Å². The molecule has 0 saturated carbocycles. The standard InChI is InChI=1S/C17H20N2O2/c1-12(2)16-17(13-8-4-3-5-9-13)19(21)15-11-7-6-10-14(15)18(16)20/h3-5,8-9,12H,6-7,10-11H2,1-2H3. The summed E-state index contributed by atoms with van der Waals surface area (Å²) in [6.07, 6.45) is 3.36. The van der Waals surface area contributed by atoms with Crippen LogP contribution in [0.4, 0.5) is 0 Å².